The number of sulfonamides is 1. The van der Waals surface area contributed by atoms with Crippen LogP contribution in [0.2, 0.25) is 0 Å². The first-order chi connectivity index (χ1) is 6.39. The number of carbonyl (C=O) groups is 1. The maximum absolute atomic E-state index is 10.9. The van der Waals surface area contributed by atoms with E-state index in [1.807, 2.05) is 0 Å². The van der Waals surface area contributed by atoms with Crippen LogP contribution < -0.4 is 10.0 Å². The van der Waals surface area contributed by atoms with Crippen molar-refractivity contribution in [1.29, 1.82) is 0 Å². The number of carbonyl (C=O) groups excluding carboxylic acids is 1. The quantitative estimate of drug-likeness (QED) is 0.499. The van der Waals surface area contributed by atoms with E-state index in [1.165, 1.54) is 4.90 Å². The van der Waals surface area contributed by atoms with E-state index in [0.717, 1.165) is 0 Å². The average molecular weight is 244 g/mol. The Morgan fingerprint density at radius 3 is 2.36 bits per heavy atom. The first kappa shape index (κ1) is 13.5. The zero-order valence-corrected chi connectivity index (χ0v) is 9.65. The molecule has 2 amide bonds. The molecule has 0 bridgehead atoms. The summed E-state index contributed by atoms with van der Waals surface area (Å²) in [4.78, 5) is 12.3. The second-order valence-electron chi connectivity index (χ2n) is 2.74. The van der Waals surface area contributed by atoms with Crippen molar-refractivity contribution >= 4 is 27.7 Å². The zero-order valence-electron chi connectivity index (χ0n) is 8.08. The molecule has 8 heteroatoms. The Labute approximate surface area is 88.6 Å². The molecule has 0 aliphatic rings. The van der Waals surface area contributed by atoms with Crippen LogP contribution in [0.15, 0.2) is 0 Å². The fraction of sp³-hybridized carbons (Fsp3) is 0.833. The van der Waals surface area contributed by atoms with Gasteiger partial charge in [0, 0.05) is 27.2 Å². The third-order valence-corrected chi connectivity index (χ3v) is 3.07. The van der Waals surface area contributed by atoms with Crippen molar-refractivity contribution in [2.45, 2.75) is 0 Å². The standard InChI is InChI=1S/C6H14ClN3O3S/c1-10(2)6(11)8-3-4-9-14(12,13)5-7/h9H,3-5H2,1-2H3,(H,8,11). The summed E-state index contributed by atoms with van der Waals surface area (Å²) in [6, 6.07) is -0.268. The number of hydrogen-bond acceptors (Lipinski definition) is 3. The molecule has 14 heavy (non-hydrogen) atoms. The predicted molar refractivity (Wildman–Crippen MR) is 54.7 cm³/mol. The SMILES string of the molecule is CN(C)C(=O)NCCNS(=O)(=O)CCl. The molecular weight excluding hydrogens is 230 g/mol. The summed E-state index contributed by atoms with van der Waals surface area (Å²) in [6.45, 7) is 0.363. The normalized spacial score (nSPS) is 11.1. The Balaban J connectivity index is 3.63. The summed E-state index contributed by atoms with van der Waals surface area (Å²) in [5.74, 6) is 0. The van der Waals surface area contributed by atoms with E-state index < -0.39 is 15.2 Å². The number of nitrogens with zero attached hydrogens (tertiary/aromatic N) is 1. The summed E-state index contributed by atoms with van der Waals surface area (Å²) in [6.07, 6.45) is 0. The van der Waals surface area contributed by atoms with E-state index in [2.05, 4.69) is 10.0 Å². The van der Waals surface area contributed by atoms with Crippen LogP contribution in [0.3, 0.4) is 0 Å². The van der Waals surface area contributed by atoms with Crippen molar-refractivity contribution in [2.24, 2.45) is 0 Å². The average Bonchev–Trinajstić information content (AvgIpc) is 2.12. The molecule has 2 N–H and O–H groups in total. The summed E-state index contributed by atoms with van der Waals surface area (Å²) < 4.78 is 23.8. The lowest BCUT2D eigenvalue weighted by Crippen LogP contribution is -2.39. The fourth-order valence-corrected chi connectivity index (χ4v) is 1.29. The molecule has 0 fully saturated rings. The van der Waals surface area contributed by atoms with Gasteiger partial charge in [0.1, 0.15) is 5.21 Å². The van der Waals surface area contributed by atoms with Gasteiger partial charge in [-0.05, 0) is 0 Å². The van der Waals surface area contributed by atoms with Gasteiger partial charge in [0.2, 0.25) is 10.0 Å². The molecule has 0 spiro atoms. The Kier molecular flexibility index (Phi) is 5.82. The number of alkyl halides is 1. The van der Waals surface area contributed by atoms with Gasteiger partial charge in [-0.15, -0.1) is 11.6 Å². The number of urea groups is 1. The molecule has 0 aromatic carbocycles. The summed E-state index contributed by atoms with van der Waals surface area (Å²) in [5.41, 5.74) is 0. The van der Waals surface area contributed by atoms with Gasteiger partial charge in [-0.2, -0.15) is 0 Å². The van der Waals surface area contributed by atoms with Crippen LogP contribution in [0.5, 0.6) is 0 Å². The monoisotopic (exact) mass is 243 g/mol. The molecule has 0 saturated heterocycles. The number of nitrogens with one attached hydrogen (secondary N) is 2. The molecule has 6 nitrogen and oxygen atoms in total. The van der Waals surface area contributed by atoms with Gasteiger partial charge < -0.3 is 10.2 Å². The van der Waals surface area contributed by atoms with E-state index in [-0.39, 0.29) is 19.1 Å². The lowest BCUT2D eigenvalue weighted by Gasteiger charge is -2.11. The second kappa shape index (κ2) is 6.05. The lowest BCUT2D eigenvalue weighted by atomic mass is 10.6. The van der Waals surface area contributed by atoms with Crippen molar-refractivity contribution in [3.8, 4) is 0 Å². The minimum absolute atomic E-state index is 0.134. The number of hydrogen-bond donors (Lipinski definition) is 2. The molecule has 0 aromatic rings. The molecule has 0 aromatic heterocycles. The molecule has 0 unspecified atom stereocenters. The fourth-order valence-electron chi connectivity index (χ4n) is 0.573. The number of amides is 2. The second-order valence-corrected chi connectivity index (χ2v) is 5.14. The van der Waals surface area contributed by atoms with Crippen molar-refractivity contribution in [1.82, 2.24) is 14.9 Å². The van der Waals surface area contributed by atoms with Crippen molar-refractivity contribution in [3.05, 3.63) is 0 Å². The Bertz CT molecular complexity index is 278. The highest BCUT2D eigenvalue weighted by Gasteiger charge is 2.07. The van der Waals surface area contributed by atoms with Crippen LogP contribution in [-0.2, 0) is 10.0 Å². The van der Waals surface area contributed by atoms with Crippen LogP contribution in [0.1, 0.15) is 0 Å². The van der Waals surface area contributed by atoms with Gasteiger partial charge in [-0.25, -0.2) is 17.9 Å². The van der Waals surface area contributed by atoms with Gasteiger partial charge in [0.05, 0.1) is 0 Å². The minimum Gasteiger partial charge on any atom is -0.337 e. The number of halogens is 1. The molecule has 0 rings (SSSR count). The Morgan fingerprint density at radius 1 is 1.36 bits per heavy atom. The van der Waals surface area contributed by atoms with E-state index in [4.69, 9.17) is 11.6 Å². The highest BCUT2D eigenvalue weighted by molar-refractivity contribution is 7.90. The predicted octanol–water partition coefficient (Wildman–Crippen LogP) is -0.627. The molecule has 0 aliphatic carbocycles. The number of rotatable bonds is 5. The summed E-state index contributed by atoms with van der Waals surface area (Å²) in [7, 11) is -0.196. The highest BCUT2D eigenvalue weighted by Crippen LogP contribution is 1.86. The van der Waals surface area contributed by atoms with Crippen LogP contribution in [0, 0.1) is 0 Å². The van der Waals surface area contributed by atoms with E-state index in [1.54, 1.807) is 14.1 Å². The van der Waals surface area contributed by atoms with E-state index in [0.29, 0.717) is 0 Å². The van der Waals surface area contributed by atoms with Gasteiger partial charge >= 0.3 is 6.03 Å². The van der Waals surface area contributed by atoms with Crippen LogP contribution in [0.4, 0.5) is 4.79 Å². The first-order valence-electron chi connectivity index (χ1n) is 3.87. The molecule has 0 heterocycles. The van der Waals surface area contributed by atoms with Gasteiger partial charge in [-0.1, -0.05) is 0 Å². The van der Waals surface area contributed by atoms with Gasteiger partial charge in [-0.3, -0.25) is 0 Å². The Morgan fingerprint density at radius 2 is 1.93 bits per heavy atom. The summed E-state index contributed by atoms with van der Waals surface area (Å²) in [5, 5.41) is 2.02. The Hall–Kier alpha value is -0.530. The lowest BCUT2D eigenvalue weighted by molar-refractivity contribution is 0.217. The zero-order chi connectivity index (χ0) is 11.2. The van der Waals surface area contributed by atoms with Gasteiger partial charge in [0.15, 0.2) is 0 Å². The highest BCUT2D eigenvalue weighted by atomic mass is 35.5. The topological polar surface area (TPSA) is 78.5 Å². The first-order valence-corrected chi connectivity index (χ1v) is 6.06. The van der Waals surface area contributed by atoms with Crippen LogP contribution in [-0.4, -0.2) is 51.7 Å². The van der Waals surface area contributed by atoms with Gasteiger partial charge in [0.25, 0.3) is 0 Å². The molecule has 0 aliphatic heterocycles. The van der Waals surface area contributed by atoms with Crippen molar-refractivity contribution < 1.29 is 13.2 Å². The van der Waals surface area contributed by atoms with Crippen LogP contribution >= 0.6 is 11.6 Å². The largest absolute Gasteiger partial charge is 0.337 e. The molecule has 0 saturated carbocycles. The van der Waals surface area contributed by atoms with Crippen molar-refractivity contribution in [2.75, 3.05) is 32.4 Å². The molecule has 84 valence electrons. The third-order valence-electron chi connectivity index (χ3n) is 1.27. The molecule has 0 radical (unpaired) electrons. The van der Waals surface area contributed by atoms with E-state index >= 15 is 0 Å². The third kappa shape index (κ3) is 6.01. The van der Waals surface area contributed by atoms with Crippen molar-refractivity contribution in [3.63, 3.8) is 0 Å². The molecular formula is C6H14ClN3O3S. The smallest absolute Gasteiger partial charge is 0.316 e. The summed E-state index contributed by atoms with van der Waals surface area (Å²) >= 11 is 5.14. The maximum atomic E-state index is 10.9. The maximum Gasteiger partial charge on any atom is 0.316 e. The van der Waals surface area contributed by atoms with E-state index in [9.17, 15) is 13.2 Å². The molecule has 0 atom stereocenters. The minimum atomic E-state index is -3.39. The van der Waals surface area contributed by atoms with Crippen LogP contribution in [0.25, 0.3) is 0 Å².